The molecule has 13 rings (SSSR count). The molecule has 0 aromatic heterocycles. The molecule has 0 spiro atoms. The largest absolute Gasteiger partial charge is 0.456 e. The second-order valence-electron chi connectivity index (χ2n) is 15.5. The minimum atomic E-state index is 0.877. The zero-order valence-electron chi connectivity index (χ0n) is 31.3. The van der Waals surface area contributed by atoms with Gasteiger partial charge < -0.3 is 9.47 Å². The summed E-state index contributed by atoms with van der Waals surface area (Å²) in [6, 6.07) is 70.4. The van der Waals surface area contributed by atoms with Gasteiger partial charge in [-0.3, -0.25) is 0 Å². The normalized spacial score (nSPS) is 12.4. The molecule has 2 aliphatic rings. The van der Waals surface area contributed by atoms with Crippen LogP contribution in [-0.4, -0.2) is 0 Å². The van der Waals surface area contributed by atoms with Gasteiger partial charge in [0, 0.05) is 21.9 Å². The van der Waals surface area contributed by atoms with Gasteiger partial charge in [0.05, 0.1) is 0 Å². The Balaban J connectivity index is 1.11. The van der Waals surface area contributed by atoms with Gasteiger partial charge in [-0.25, -0.2) is 0 Å². The van der Waals surface area contributed by atoms with E-state index in [4.69, 9.17) is 9.47 Å². The molecule has 11 aromatic carbocycles. The maximum Gasteiger partial charge on any atom is 0.135 e. The van der Waals surface area contributed by atoms with Gasteiger partial charge in [0.2, 0.25) is 0 Å². The number of hydrogen-bond donors (Lipinski definition) is 0. The molecule has 0 aliphatic carbocycles. The smallest absolute Gasteiger partial charge is 0.135 e. The van der Waals surface area contributed by atoms with Crippen LogP contribution < -0.4 is 9.47 Å². The topological polar surface area (TPSA) is 18.5 Å². The SMILES string of the molecule is c1ccc2c(c1)Oc1cccc3c(-c4c5ccccc5c(-c5ccc6c(c5)Oc5cccc7cccc-6c57)c5ccc(-c6ccc7ccccc7c6)cc45)ccc-2c13. The van der Waals surface area contributed by atoms with Crippen molar-refractivity contribution in [2.45, 2.75) is 0 Å². The summed E-state index contributed by atoms with van der Waals surface area (Å²) in [6.45, 7) is 0. The Bertz CT molecular complexity index is 3570. The van der Waals surface area contributed by atoms with Crippen LogP contribution in [0.3, 0.4) is 0 Å². The van der Waals surface area contributed by atoms with Gasteiger partial charge in [0.25, 0.3) is 0 Å². The van der Waals surface area contributed by atoms with E-state index < -0.39 is 0 Å². The first-order chi connectivity index (χ1) is 28.7. The van der Waals surface area contributed by atoms with E-state index in [-0.39, 0.29) is 0 Å². The summed E-state index contributed by atoms with van der Waals surface area (Å²) in [4.78, 5) is 0. The number of fused-ring (bicyclic) bond motifs is 7. The van der Waals surface area contributed by atoms with E-state index in [0.717, 1.165) is 45.1 Å². The van der Waals surface area contributed by atoms with Crippen LogP contribution in [0.25, 0.3) is 109 Å². The molecular weight excluding hydrogens is 705 g/mol. The fourth-order valence-electron chi connectivity index (χ4n) is 9.84. The molecule has 0 N–H and O–H groups in total. The van der Waals surface area contributed by atoms with Crippen molar-refractivity contribution >= 4 is 53.9 Å². The second kappa shape index (κ2) is 11.9. The van der Waals surface area contributed by atoms with E-state index in [1.807, 2.05) is 6.07 Å². The van der Waals surface area contributed by atoms with Crippen molar-refractivity contribution in [2.75, 3.05) is 0 Å². The van der Waals surface area contributed by atoms with Gasteiger partial charge >= 0.3 is 0 Å². The summed E-state index contributed by atoms with van der Waals surface area (Å²) >= 11 is 0. The first kappa shape index (κ1) is 31.5. The highest BCUT2D eigenvalue weighted by Gasteiger charge is 2.26. The second-order valence-corrected chi connectivity index (χ2v) is 15.5. The Morgan fingerprint density at radius 3 is 1.71 bits per heavy atom. The van der Waals surface area contributed by atoms with E-state index in [1.165, 1.54) is 87.4 Å². The molecular formula is C56H32O2. The van der Waals surface area contributed by atoms with Gasteiger partial charge in [-0.2, -0.15) is 0 Å². The third-order valence-electron chi connectivity index (χ3n) is 12.4. The van der Waals surface area contributed by atoms with Crippen molar-refractivity contribution in [3.8, 4) is 78.6 Å². The lowest BCUT2D eigenvalue weighted by Crippen LogP contribution is -1.99. The van der Waals surface area contributed by atoms with Crippen molar-refractivity contribution in [2.24, 2.45) is 0 Å². The van der Waals surface area contributed by atoms with Crippen LogP contribution in [0.1, 0.15) is 0 Å². The number of hydrogen-bond acceptors (Lipinski definition) is 2. The summed E-state index contributed by atoms with van der Waals surface area (Å²) in [5.74, 6) is 3.56. The minimum absolute atomic E-state index is 0.877. The summed E-state index contributed by atoms with van der Waals surface area (Å²) in [5.41, 5.74) is 11.7. The molecule has 0 unspecified atom stereocenters. The fraction of sp³-hybridized carbons (Fsp3) is 0. The highest BCUT2D eigenvalue weighted by molar-refractivity contribution is 6.25. The van der Waals surface area contributed by atoms with Crippen LogP contribution in [0.15, 0.2) is 194 Å². The Hall–Kier alpha value is -7.68. The Morgan fingerprint density at radius 1 is 0.241 bits per heavy atom. The molecule has 11 aromatic rings. The summed E-state index contributed by atoms with van der Waals surface area (Å²) in [7, 11) is 0. The highest BCUT2D eigenvalue weighted by atomic mass is 16.5. The summed E-state index contributed by atoms with van der Waals surface area (Å²) in [5, 5.41) is 11.9. The highest BCUT2D eigenvalue weighted by Crippen LogP contribution is 2.53. The molecule has 2 aliphatic heterocycles. The van der Waals surface area contributed by atoms with E-state index in [2.05, 4.69) is 188 Å². The lowest BCUT2D eigenvalue weighted by atomic mass is 9.82. The average Bonchev–Trinajstić information content (AvgIpc) is 3.28. The number of benzene rings is 11. The molecule has 0 bridgehead atoms. The molecule has 2 nitrogen and oxygen atoms in total. The Morgan fingerprint density at radius 2 is 0.793 bits per heavy atom. The lowest BCUT2D eigenvalue weighted by molar-refractivity contribution is 0.487. The third-order valence-corrected chi connectivity index (χ3v) is 12.4. The fourth-order valence-corrected chi connectivity index (χ4v) is 9.84. The molecule has 0 saturated carbocycles. The van der Waals surface area contributed by atoms with Gasteiger partial charge in [0.15, 0.2) is 0 Å². The third kappa shape index (κ3) is 4.48. The van der Waals surface area contributed by atoms with Crippen molar-refractivity contribution in [1.82, 2.24) is 0 Å². The number of ether oxygens (including phenoxy) is 2. The van der Waals surface area contributed by atoms with Gasteiger partial charge in [-0.05, 0) is 130 Å². The van der Waals surface area contributed by atoms with E-state index in [9.17, 15) is 0 Å². The summed E-state index contributed by atoms with van der Waals surface area (Å²) < 4.78 is 13.3. The molecule has 0 saturated heterocycles. The molecule has 0 fully saturated rings. The standard InChI is InChI=1S/C56H32O2/c1-2-11-35-30-36(23-22-33(35)10-1)37-24-27-47-48(31-37)55(46-29-28-45-39-14-5-6-19-49(39)57-51-21-9-18-44(46)56(45)51)43-16-4-3-15-42(43)53(47)38-25-26-40-41-17-7-12-34-13-8-20-50(54(34)41)58-52(40)32-38/h1-32H. The zero-order valence-corrected chi connectivity index (χ0v) is 31.3. The minimum Gasteiger partial charge on any atom is -0.456 e. The Kier molecular flexibility index (Phi) is 6.47. The van der Waals surface area contributed by atoms with E-state index in [1.54, 1.807) is 0 Å². The predicted octanol–water partition coefficient (Wildman–Crippen LogP) is 16.0. The lowest BCUT2D eigenvalue weighted by Gasteiger charge is -2.25. The monoisotopic (exact) mass is 736 g/mol. The Labute approximate surface area is 334 Å². The molecule has 0 amide bonds. The molecule has 0 radical (unpaired) electrons. The van der Waals surface area contributed by atoms with Crippen LogP contribution in [0, 0.1) is 0 Å². The van der Waals surface area contributed by atoms with Crippen LogP contribution >= 0.6 is 0 Å². The van der Waals surface area contributed by atoms with Crippen LogP contribution in [-0.2, 0) is 0 Å². The van der Waals surface area contributed by atoms with Crippen LogP contribution in [0.2, 0.25) is 0 Å². The van der Waals surface area contributed by atoms with Crippen molar-refractivity contribution < 1.29 is 9.47 Å². The first-order valence-corrected chi connectivity index (χ1v) is 19.9. The van der Waals surface area contributed by atoms with E-state index >= 15 is 0 Å². The quantitative estimate of drug-likeness (QED) is 0.168. The van der Waals surface area contributed by atoms with Gasteiger partial charge in [-0.15, -0.1) is 0 Å². The zero-order chi connectivity index (χ0) is 37.9. The number of para-hydroxylation sites is 1. The predicted molar refractivity (Wildman–Crippen MR) is 241 cm³/mol. The molecule has 0 atom stereocenters. The van der Waals surface area contributed by atoms with Gasteiger partial charge in [-0.1, -0.05) is 152 Å². The van der Waals surface area contributed by atoms with Crippen molar-refractivity contribution in [3.63, 3.8) is 0 Å². The van der Waals surface area contributed by atoms with Crippen LogP contribution in [0.5, 0.6) is 23.0 Å². The summed E-state index contributed by atoms with van der Waals surface area (Å²) in [6.07, 6.45) is 0. The molecule has 268 valence electrons. The number of rotatable bonds is 3. The molecule has 2 heterocycles. The maximum atomic E-state index is 6.74. The van der Waals surface area contributed by atoms with Gasteiger partial charge in [0.1, 0.15) is 23.0 Å². The van der Waals surface area contributed by atoms with Crippen molar-refractivity contribution in [1.29, 1.82) is 0 Å². The first-order valence-electron chi connectivity index (χ1n) is 19.9. The van der Waals surface area contributed by atoms with Crippen LogP contribution in [0.4, 0.5) is 0 Å². The maximum absolute atomic E-state index is 6.74. The average molecular weight is 737 g/mol. The molecule has 58 heavy (non-hydrogen) atoms. The van der Waals surface area contributed by atoms with Crippen molar-refractivity contribution in [3.05, 3.63) is 194 Å². The van der Waals surface area contributed by atoms with E-state index in [0.29, 0.717) is 0 Å². The molecule has 2 heteroatoms.